The van der Waals surface area contributed by atoms with Gasteiger partial charge >= 0.3 is 0 Å². The highest BCUT2D eigenvalue weighted by atomic mass is 19.2. The molecule has 0 radical (unpaired) electrons. The SMILES string of the molecule is C[C@@H](NC[C@H]1CCN(c2ccc(F)c(F)c2)C1)c1cncc(F)c1. The molecule has 0 amide bonds. The predicted molar refractivity (Wildman–Crippen MR) is 87.3 cm³/mol. The minimum Gasteiger partial charge on any atom is -0.371 e. The van der Waals surface area contributed by atoms with Crippen LogP contribution in [0.2, 0.25) is 0 Å². The number of anilines is 1. The number of rotatable bonds is 5. The van der Waals surface area contributed by atoms with Crippen molar-refractivity contribution in [1.29, 1.82) is 0 Å². The second-order valence-electron chi connectivity index (χ2n) is 6.27. The van der Waals surface area contributed by atoms with Gasteiger partial charge in [0, 0.05) is 43.6 Å². The molecule has 0 saturated carbocycles. The van der Waals surface area contributed by atoms with Crippen LogP contribution in [0.1, 0.15) is 24.9 Å². The van der Waals surface area contributed by atoms with E-state index in [9.17, 15) is 13.2 Å². The third-order valence-electron chi connectivity index (χ3n) is 4.49. The molecule has 1 fully saturated rings. The molecular weight excluding hydrogens is 315 g/mol. The number of pyridine rings is 1. The molecule has 2 aromatic rings. The van der Waals surface area contributed by atoms with Crippen LogP contribution in [0, 0.1) is 23.4 Å². The highest BCUT2D eigenvalue weighted by molar-refractivity contribution is 5.47. The van der Waals surface area contributed by atoms with E-state index in [1.807, 2.05) is 6.92 Å². The third-order valence-corrected chi connectivity index (χ3v) is 4.49. The zero-order valence-corrected chi connectivity index (χ0v) is 13.5. The van der Waals surface area contributed by atoms with Gasteiger partial charge in [0.05, 0.1) is 6.20 Å². The van der Waals surface area contributed by atoms with Crippen LogP contribution in [-0.4, -0.2) is 24.6 Å². The molecule has 1 aliphatic heterocycles. The average Bonchev–Trinajstić information content (AvgIpc) is 3.04. The van der Waals surface area contributed by atoms with Gasteiger partial charge in [-0.15, -0.1) is 0 Å². The topological polar surface area (TPSA) is 28.2 Å². The molecule has 1 aromatic carbocycles. The molecule has 1 aromatic heterocycles. The Balaban J connectivity index is 1.53. The lowest BCUT2D eigenvalue weighted by molar-refractivity contribution is 0.470. The summed E-state index contributed by atoms with van der Waals surface area (Å²) in [6.45, 7) is 4.34. The molecule has 3 nitrogen and oxygen atoms in total. The largest absolute Gasteiger partial charge is 0.371 e. The first kappa shape index (κ1) is 16.8. The van der Waals surface area contributed by atoms with Crippen molar-refractivity contribution in [2.45, 2.75) is 19.4 Å². The van der Waals surface area contributed by atoms with Crippen LogP contribution < -0.4 is 10.2 Å². The van der Waals surface area contributed by atoms with Crippen LogP contribution in [0.3, 0.4) is 0 Å². The van der Waals surface area contributed by atoms with E-state index in [-0.39, 0.29) is 11.9 Å². The van der Waals surface area contributed by atoms with Gasteiger partial charge < -0.3 is 10.2 Å². The van der Waals surface area contributed by atoms with Crippen molar-refractivity contribution in [2.75, 3.05) is 24.5 Å². The average molecular weight is 335 g/mol. The zero-order chi connectivity index (χ0) is 17.1. The van der Waals surface area contributed by atoms with E-state index in [1.165, 1.54) is 18.3 Å². The van der Waals surface area contributed by atoms with E-state index in [0.29, 0.717) is 11.6 Å². The van der Waals surface area contributed by atoms with E-state index in [0.717, 1.165) is 37.7 Å². The molecule has 3 rings (SSSR count). The highest BCUT2D eigenvalue weighted by Gasteiger charge is 2.23. The Kier molecular flexibility index (Phi) is 5.04. The predicted octanol–water partition coefficient (Wildman–Crippen LogP) is 3.68. The summed E-state index contributed by atoms with van der Waals surface area (Å²) in [4.78, 5) is 5.92. The van der Waals surface area contributed by atoms with E-state index in [2.05, 4.69) is 15.2 Å². The number of hydrogen-bond donors (Lipinski definition) is 1. The molecule has 1 aliphatic rings. The standard InChI is InChI=1S/C18H20F3N3/c1-12(14-6-15(19)10-22-9-14)23-8-13-4-5-24(11-13)16-2-3-17(20)18(21)7-16/h2-3,6-7,9-10,12-13,23H,4-5,8,11H2,1H3/t12-,13-/m1/s1. The summed E-state index contributed by atoms with van der Waals surface area (Å²) in [5.41, 5.74) is 1.52. The number of nitrogens with zero attached hydrogens (tertiary/aromatic N) is 2. The van der Waals surface area contributed by atoms with Gasteiger partial charge in [0.25, 0.3) is 0 Å². The Morgan fingerprint density at radius 3 is 2.79 bits per heavy atom. The molecule has 0 unspecified atom stereocenters. The van der Waals surface area contributed by atoms with Gasteiger partial charge in [-0.05, 0) is 43.0 Å². The van der Waals surface area contributed by atoms with Crippen molar-refractivity contribution in [3.63, 3.8) is 0 Å². The van der Waals surface area contributed by atoms with Crippen molar-refractivity contribution in [3.8, 4) is 0 Å². The van der Waals surface area contributed by atoms with Gasteiger partial charge in [-0.2, -0.15) is 0 Å². The van der Waals surface area contributed by atoms with Gasteiger partial charge in [-0.1, -0.05) is 0 Å². The maximum atomic E-state index is 13.4. The van der Waals surface area contributed by atoms with Crippen molar-refractivity contribution < 1.29 is 13.2 Å². The molecule has 24 heavy (non-hydrogen) atoms. The van der Waals surface area contributed by atoms with Gasteiger partial charge in [0.1, 0.15) is 5.82 Å². The van der Waals surface area contributed by atoms with Crippen LogP contribution in [-0.2, 0) is 0 Å². The zero-order valence-electron chi connectivity index (χ0n) is 13.5. The smallest absolute Gasteiger partial charge is 0.160 e. The summed E-state index contributed by atoms with van der Waals surface area (Å²) in [7, 11) is 0. The van der Waals surface area contributed by atoms with E-state index in [4.69, 9.17) is 0 Å². The summed E-state index contributed by atoms with van der Waals surface area (Å²) < 4.78 is 39.6. The summed E-state index contributed by atoms with van der Waals surface area (Å²) in [5, 5.41) is 3.39. The van der Waals surface area contributed by atoms with Crippen molar-refractivity contribution in [3.05, 3.63) is 59.7 Å². The number of hydrogen-bond acceptors (Lipinski definition) is 3. The Labute approximate surface area is 139 Å². The second-order valence-corrected chi connectivity index (χ2v) is 6.27. The Morgan fingerprint density at radius 1 is 1.21 bits per heavy atom. The summed E-state index contributed by atoms with van der Waals surface area (Å²) in [6, 6.07) is 5.49. The quantitative estimate of drug-likeness (QED) is 0.903. The number of halogens is 3. The van der Waals surface area contributed by atoms with Crippen molar-refractivity contribution in [2.24, 2.45) is 5.92 Å². The summed E-state index contributed by atoms with van der Waals surface area (Å²) >= 11 is 0. The lowest BCUT2D eigenvalue weighted by Gasteiger charge is -2.20. The number of nitrogens with one attached hydrogen (secondary N) is 1. The summed E-state index contributed by atoms with van der Waals surface area (Å²) in [5.74, 6) is -1.58. The lowest BCUT2D eigenvalue weighted by Crippen LogP contribution is -2.28. The van der Waals surface area contributed by atoms with Crippen LogP contribution in [0.15, 0.2) is 36.7 Å². The maximum absolute atomic E-state index is 13.4. The molecule has 128 valence electrons. The van der Waals surface area contributed by atoms with Gasteiger partial charge in [-0.3, -0.25) is 4.98 Å². The number of aromatic nitrogens is 1. The molecule has 2 atom stereocenters. The summed E-state index contributed by atoms with van der Waals surface area (Å²) in [6.07, 6.45) is 3.82. The highest BCUT2D eigenvalue weighted by Crippen LogP contribution is 2.25. The molecule has 0 spiro atoms. The minimum absolute atomic E-state index is 0.00511. The Bertz CT molecular complexity index is 708. The first-order valence-electron chi connectivity index (χ1n) is 8.07. The molecule has 6 heteroatoms. The van der Waals surface area contributed by atoms with Crippen LogP contribution in [0.5, 0.6) is 0 Å². The number of benzene rings is 1. The molecule has 2 heterocycles. The fourth-order valence-electron chi connectivity index (χ4n) is 3.04. The van der Waals surface area contributed by atoms with Crippen molar-refractivity contribution >= 4 is 5.69 Å². The van der Waals surface area contributed by atoms with Crippen LogP contribution in [0.25, 0.3) is 0 Å². The normalized spacial score (nSPS) is 18.8. The van der Waals surface area contributed by atoms with Gasteiger partial charge in [-0.25, -0.2) is 13.2 Å². The van der Waals surface area contributed by atoms with E-state index >= 15 is 0 Å². The van der Waals surface area contributed by atoms with Crippen LogP contribution >= 0.6 is 0 Å². The fourth-order valence-corrected chi connectivity index (χ4v) is 3.04. The lowest BCUT2D eigenvalue weighted by atomic mass is 10.1. The Morgan fingerprint density at radius 2 is 2.04 bits per heavy atom. The molecule has 0 bridgehead atoms. The molecule has 1 saturated heterocycles. The van der Waals surface area contributed by atoms with E-state index < -0.39 is 11.6 Å². The van der Waals surface area contributed by atoms with Crippen LogP contribution in [0.4, 0.5) is 18.9 Å². The molecular formula is C18H20F3N3. The Hall–Kier alpha value is -2.08. The maximum Gasteiger partial charge on any atom is 0.160 e. The third kappa shape index (κ3) is 3.87. The first-order valence-corrected chi connectivity index (χ1v) is 8.07. The second kappa shape index (κ2) is 7.21. The molecule has 1 N–H and O–H groups in total. The van der Waals surface area contributed by atoms with Gasteiger partial charge in [0.2, 0.25) is 0 Å². The van der Waals surface area contributed by atoms with Crippen molar-refractivity contribution in [1.82, 2.24) is 10.3 Å². The van der Waals surface area contributed by atoms with Gasteiger partial charge in [0.15, 0.2) is 11.6 Å². The fraction of sp³-hybridized carbons (Fsp3) is 0.389. The van der Waals surface area contributed by atoms with E-state index in [1.54, 1.807) is 12.3 Å². The molecule has 0 aliphatic carbocycles. The minimum atomic E-state index is -0.825. The first-order chi connectivity index (χ1) is 11.5. The monoisotopic (exact) mass is 335 g/mol.